The highest BCUT2D eigenvalue weighted by Gasteiger charge is 2.39. The van der Waals surface area contributed by atoms with Crippen LogP contribution in [0.5, 0.6) is 0 Å². The van der Waals surface area contributed by atoms with Crippen LogP contribution in [0.3, 0.4) is 0 Å². The maximum Gasteiger partial charge on any atom is 0.326 e. The third kappa shape index (κ3) is 4.55. The quantitative estimate of drug-likeness (QED) is 0.491. The number of sulfonamides is 1. The van der Waals surface area contributed by atoms with Crippen molar-refractivity contribution in [1.82, 2.24) is 14.2 Å². The number of hydrogen-bond acceptors (Lipinski definition) is 5. The third-order valence-corrected chi connectivity index (χ3v) is 7.17. The Bertz CT molecular complexity index is 965. The van der Waals surface area contributed by atoms with Gasteiger partial charge in [-0.1, -0.05) is 23.7 Å². The fourth-order valence-electron chi connectivity index (χ4n) is 3.45. The number of nitrogens with zero attached hydrogens (tertiary/aromatic N) is 3. The Morgan fingerprint density at radius 3 is 2.75 bits per heavy atom. The monoisotopic (exact) mass is 490 g/mol. The van der Waals surface area contributed by atoms with Gasteiger partial charge in [-0.3, -0.25) is 14.8 Å². The molecule has 3 rings (SSSR count). The molecule has 1 unspecified atom stereocenters. The second-order valence-electron chi connectivity index (χ2n) is 7.17. The summed E-state index contributed by atoms with van der Waals surface area (Å²) in [7, 11) is 1.78. The lowest BCUT2D eigenvalue weighted by molar-refractivity contribution is -0.824. The predicted octanol–water partition coefficient (Wildman–Crippen LogP) is -2.74. The number of rotatable bonds is 5. The van der Waals surface area contributed by atoms with Crippen molar-refractivity contribution < 1.29 is 35.1 Å². The smallest absolute Gasteiger partial charge is 0.326 e. The second-order valence-corrected chi connectivity index (χ2v) is 9.48. The fraction of sp³-hybridized carbons (Fsp3) is 0.444. The van der Waals surface area contributed by atoms with Gasteiger partial charge in [0.25, 0.3) is 0 Å². The molecule has 28 heavy (non-hydrogen) atoms. The van der Waals surface area contributed by atoms with Crippen LogP contribution in [0.1, 0.15) is 6.42 Å². The van der Waals surface area contributed by atoms with Gasteiger partial charge in [-0.2, -0.15) is 4.31 Å². The molecule has 0 spiro atoms. The lowest BCUT2D eigenvalue weighted by Gasteiger charge is -2.21. The van der Waals surface area contributed by atoms with Gasteiger partial charge < -0.3 is 17.0 Å². The van der Waals surface area contributed by atoms with Crippen molar-refractivity contribution in [3.63, 3.8) is 0 Å². The van der Waals surface area contributed by atoms with Crippen LogP contribution in [0.15, 0.2) is 35.5 Å². The number of likely N-dealkylation sites (N-methyl/N-ethyl adjacent to an activating group) is 2. The lowest BCUT2D eigenvalue weighted by atomic mass is 10.2. The number of pyridine rings is 1. The zero-order valence-corrected chi connectivity index (χ0v) is 19.2. The number of carbonyl (C=O) groups excluding carboxylic acids is 1. The Morgan fingerprint density at radius 1 is 1.36 bits per heavy atom. The molecule has 7 nitrogen and oxygen atoms in total. The summed E-state index contributed by atoms with van der Waals surface area (Å²) in [5.74, 6) is 0.0588. The molecule has 1 aliphatic heterocycles. The molecule has 1 N–H and O–H groups in total. The average Bonchev–Trinajstić information content (AvgIpc) is 3.11. The molecular formula is C18H24BrClN4O3S. The van der Waals surface area contributed by atoms with Crippen molar-refractivity contribution in [3.8, 4) is 0 Å². The topological polar surface area (TPSA) is 75.0 Å². The van der Waals surface area contributed by atoms with Gasteiger partial charge in [0, 0.05) is 36.1 Å². The minimum absolute atomic E-state index is 0. The predicted molar refractivity (Wildman–Crippen MR) is 104 cm³/mol. The van der Waals surface area contributed by atoms with Gasteiger partial charge in [0.1, 0.15) is 12.6 Å². The van der Waals surface area contributed by atoms with Gasteiger partial charge in [-0.05, 0) is 20.2 Å². The Kier molecular flexibility index (Phi) is 7.57. The van der Waals surface area contributed by atoms with Crippen LogP contribution in [0.2, 0.25) is 5.02 Å². The van der Waals surface area contributed by atoms with E-state index in [1.165, 1.54) is 10.5 Å². The summed E-state index contributed by atoms with van der Waals surface area (Å²) in [6, 6.07) is 5.00. The lowest BCUT2D eigenvalue weighted by Crippen LogP contribution is -3.16. The van der Waals surface area contributed by atoms with E-state index in [1.807, 2.05) is 26.0 Å². The standard InChI is InChI=1S/C18H23ClN4O3S.BrH/c1-21(2)12-17(24)22(3)14-7-8-23(11-14)27(25,26)16-6-4-5-13-9-20-10-15(19)18(13)16;/h4-6,9-10,14H,7-8,11-12H2,1-3H3;1H/t14-;/m1./s1. The van der Waals surface area contributed by atoms with Crippen LogP contribution in [0, 0.1) is 0 Å². The Morgan fingerprint density at radius 2 is 2.07 bits per heavy atom. The largest absolute Gasteiger partial charge is 1.00 e. The molecule has 1 amide bonds. The molecule has 1 fully saturated rings. The molecule has 0 bridgehead atoms. The summed E-state index contributed by atoms with van der Waals surface area (Å²) in [6.07, 6.45) is 3.70. The molecule has 1 aromatic heterocycles. The van der Waals surface area contributed by atoms with E-state index in [4.69, 9.17) is 11.6 Å². The number of hydrogen-bond donors (Lipinski definition) is 1. The van der Waals surface area contributed by atoms with Crippen molar-refractivity contribution in [2.45, 2.75) is 17.4 Å². The van der Waals surface area contributed by atoms with Crippen LogP contribution in [-0.4, -0.2) is 75.3 Å². The van der Waals surface area contributed by atoms with Crippen molar-refractivity contribution in [2.75, 3.05) is 40.8 Å². The summed E-state index contributed by atoms with van der Waals surface area (Å²) < 4.78 is 28.0. The minimum atomic E-state index is -3.72. The Hall–Kier alpha value is -1.10. The molecule has 1 aliphatic rings. The number of benzene rings is 1. The Balaban J connectivity index is 0.00000280. The second kappa shape index (κ2) is 9.15. The first-order chi connectivity index (χ1) is 12.7. The molecule has 2 aromatic rings. The van der Waals surface area contributed by atoms with E-state index in [0.29, 0.717) is 41.9 Å². The van der Waals surface area contributed by atoms with E-state index in [0.717, 1.165) is 4.90 Å². The van der Waals surface area contributed by atoms with E-state index in [1.54, 1.807) is 24.4 Å². The number of quaternary nitrogens is 1. The summed E-state index contributed by atoms with van der Waals surface area (Å²) in [5.41, 5.74) is 0. The van der Waals surface area contributed by atoms with Gasteiger partial charge in [0.2, 0.25) is 10.0 Å². The number of nitrogens with one attached hydrogen (secondary N) is 1. The van der Waals surface area contributed by atoms with Crippen molar-refractivity contribution in [1.29, 1.82) is 0 Å². The van der Waals surface area contributed by atoms with Gasteiger partial charge in [-0.25, -0.2) is 13.2 Å². The van der Waals surface area contributed by atoms with E-state index < -0.39 is 10.0 Å². The molecule has 1 aromatic carbocycles. The fourth-order valence-corrected chi connectivity index (χ4v) is 5.51. The molecule has 0 aliphatic carbocycles. The first-order valence-electron chi connectivity index (χ1n) is 8.75. The van der Waals surface area contributed by atoms with Crippen molar-refractivity contribution in [2.24, 2.45) is 0 Å². The molecular weight excluding hydrogens is 468 g/mol. The van der Waals surface area contributed by atoms with E-state index >= 15 is 0 Å². The zero-order valence-electron chi connectivity index (χ0n) is 16.0. The zero-order chi connectivity index (χ0) is 19.8. The molecule has 10 heteroatoms. The molecule has 1 saturated heterocycles. The summed E-state index contributed by atoms with van der Waals surface area (Å²) in [4.78, 5) is 19.1. The van der Waals surface area contributed by atoms with Crippen LogP contribution in [0.25, 0.3) is 10.8 Å². The first kappa shape index (κ1) is 23.2. The van der Waals surface area contributed by atoms with Crippen LogP contribution in [0.4, 0.5) is 0 Å². The normalized spacial score (nSPS) is 19.0. The van der Waals surface area contributed by atoms with Crippen LogP contribution < -0.4 is 21.9 Å². The number of aromatic nitrogens is 1. The van der Waals surface area contributed by atoms with Crippen molar-refractivity contribution in [3.05, 3.63) is 35.6 Å². The van der Waals surface area contributed by atoms with E-state index in [2.05, 4.69) is 4.98 Å². The number of carbonyl (C=O) groups is 1. The van der Waals surface area contributed by atoms with Crippen LogP contribution in [-0.2, 0) is 14.8 Å². The van der Waals surface area contributed by atoms with Gasteiger partial charge >= 0.3 is 5.91 Å². The maximum atomic E-state index is 13.3. The summed E-state index contributed by atoms with van der Waals surface area (Å²) in [6.45, 7) is 1.03. The highest BCUT2D eigenvalue weighted by atomic mass is 79.9. The molecule has 2 atom stereocenters. The Labute approximate surface area is 181 Å². The highest BCUT2D eigenvalue weighted by Crippen LogP contribution is 2.31. The number of fused-ring (bicyclic) bond motifs is 1. The maximum absolute atomic E-state index is 13.3. The minimum Gasteiger partial charge on any atom is -1.00 e. The molecule has 2 heterocycles. The summed E-state index contributed by atoms with van der Waals surface area (Å²) >= 11 is 6.25. The number of amides is 1. The first-order valence-corrected chi connectivity index (χ1v) is 10.6. The average molecular weight is 492 g/mol. The highest BCUT2D eigenvalue weighted by molar-refractivity contribution is 7.89. The van der Waals surface area contributed by atoms with Gasteiger partial charge in [0.05, 0.1) is 23.5 Å². The molecule has 0 saturated carbocycles. The van der Waals surface area contributed by atoms with Gasteiger partial charge in [0.15, 0.2) is 0 Å². The third-order valence-electron chi connectivity index (χ3n) is 4.98. The molecule has 154 valence electrons. The van der Waals surface area contributed by atoms with E-state index in [-0.39, 0.29) is 33.8 Å². The van der Waals surface area contributed by atoms with E-state index in [9.17, 15) is 13.2 Å². The molecule has 0 radical (unpaired) electrons. The summed E-state index contributed by atoms with van der Waals surface area (Å²) in [5, 5.41) is 1.48. The van der Waals surface area contributed by atoms with Gasteiger partial charge in [-0.15, -0.1) is 0 Å². The van der Waals surface area contributed by atoms with Crippen molar-refractivity contribution >= 4 is 38.3 Å². The number of halogens is 2. The SMILES string of the molecule is CN(C)CC(=O)[NH+](C)[C@@H]1CCN(S(=O)(=O)c2cccc3cncc(Cl)c23)C1.[Br-]. The van der Waals surface area contributed by atoms with Crippen LogP contribution >= 0.6 is 11.6 Å².